The SMILES string of the molecule is Nc1cc(-c2ccc(C3CC3)c(F)c2)no1. The van der Waals surface area contributed by atoms with E-state index in [0.717, 1.165) is 18.4 Å². The average Bonchev–Trinajstić information content (AvgIpc) is 3.01. The van der Waals surface area contributed by atoms with E-state index in [1.54, 1.807) is 6.07 Å². The molecule has 0 spiro atoms. The Hall–Kier alpha value is -1.84. The van der Waals surface area contributed by atoms with Gasteiger partial charge >= 0.3 is 0 Å². The third-order valence-corrected chi connectivity index (χ3v) is 2.84. The molecular formula is C12H11FN2O. The van der Waals surface area contributed by atoms with Crippen LogP contribution in [0, 0.1) is 5.82 Å². The predicted octanol–water partition coefficient (Wildman–Crippen LogP) is 2.94. The lowest BCUT2D eigenvalue weighted by Crippen LogP contribution is -1.88. The monoisotopic (exact) mass is 218 g/mol. The smallest absolute Gasteiger partial charge is 0.222 e. The van der Waals surface area contributed by atoms with Crippen LogP contribution in [-0.4, -0.2) is 5.16 Å². The molecule has 1 heterocycles. The van der Waals surface area contributed by atoms with Crippen molar-refractivity contribution in [3.63, 3.8) is 0 Å². The van der Waals surface area contributed by atoms with Gasteiger partial charge in [-0.05, 0) is 30.4 Å². The zero-order valence-corrected chi connectivity index (χ0v) is 8.61. The maximum atomic E-state index is 13.7. The molecule has 1 saturated carbocycles. The van der Waals surface area contributed by atoms with E-state index in [-0.39, 0.29) is 11.7 Å². The first kappa shape index (κ1) is 9.39. The van der Waals surface area contributed by atoms with Gasteiger partial charge in [-0.3, -0.25) is 0 Å². The van der Waals surface area contributed by atoms with Gasteiger partial charge in [0, 0.05) is 11.6 Å². The lowest BCUT2D eigenvalue weighted by atomic mass is 10.1. The zero-order chi connectivity index (χ0) is 11.1. The first-order valence-corrected chi connectivity index (χ1v) is 5.26. The average molecular weight is 218 g/mol. The van der Waals surface area contributed by atoms with Gasteiger partial charge in [0.2, 0.25) is 5.88 Å². The first-order valence-electron chi connectivity index (χ1n) is 5.26. The molecule has 1 aromatic carbocycles. The first-order chi connectivity index (χ1) is 7.74. The lowest BCUT2D eigenvalue weighted by molar-refractivity contribution is 0.439. The summed E-state index contributed by atoms with van der Waals surface area (Å²) in [5, 5.41) is 3.75. The molecule has 0 unspecified atom stereocenters. The van der Waals surface area contributed by atoms with Crippen LogP contribution in [0.3, 0.4) is 0 Å². The number of hydrogen-bond acceptors (Lipinski definition) is 3. The van der Waals surface area contributed by atoms with Crippen LogP contribution >= 0.6 is 0 Å². The van der Waals surface area contributed by atoms with Gasteiger partial charge in [0.25, 0.3) is 0 Å². The molecule has 1 fully saturated rings. The van der Waals surface area contributed by atoms with Gasteiger partial charge in [0.15, 0.2) is 0 Å². The van der Waals surface area contributed by atoms with E-state index in [2.05, 4.69) is 5.16 Å². The van der Waals surface area contributed by atoms with Crippen LogP contribution in [0.1, 0.15) is 24.3 Å². The summed E-state index contributed by atoms with van der Waals surface area (Å²) in [5.74, 6) is 0.486. The summed E-state index contributed by atoms with van der Waals surface area (Å²) in [4.78, 5) is 0. The van der Waals surface area contributed by atoms with Crippen LogP contribution < -0.4 is 5.73 Å². The standard InChI is InChI=1S/C12H11FN2O/c13-10-5-8(11-6-12(14)16-15-11)3-4-9(10)7-1-2-7/h3-7H,1-2,14H2. The van der Waals surface area contributed by atoms with E-state index in [9.17, 15) is 4.39 Å². The minimum Gasteiger partial charge on any atom is -0.368 e. The third kappa shape index (κ3) is 1.56. The second kappa shape index (κ2) is 3.33. The van der Waals surface area contributed by atoms with Crippen LogP contribution in [0.4, 0.5) is 10.3 Å². The fourth-order valence-corrected chi connectivity index (χ4v) is 1.84. The van der Waals surface area contributed by atoms with Gasteiger partial charge < -0.3 is 10.3 Å². The van der Waals surface area contributed by atoms with Crippen molar-refractivity contribution in [2.45, 2.75) is 18.8 Å². The van der Waals surface area contributed by atoms with Crippen molar-refractivity contribution < 1.29 is 8.91 Å². The van der Waals surface area contributed by atoms with Crippen LogP contribution in [0.25, 0.3) is 11.3 Å². The van der Waals surface area contributed by atoms with Crippen molar-refractivity contribution in [3.05, 3.63) is 35.6 Å². The molecule has 1 aliphatic rings. The van der Waals surface area contributed by atoms with Gasteiger partial charge in [0.1, 0.15) is 11.5 Å². The number of hydrogen-bond donors (Lipinski definition) is 1. The number of halogens is 1. The topological polar surface area (TPSA) is 52.0 Å². The molecule has 0 aliphatic heterocycles. The Kier molecular flexibility index (Phi) is 1.96. The van der Waals surface area contributed by atoms with Crippen molar-refractivity contribution in [1.82, 2.24) is 5.16 Å². The summed E-state index contributed by atoms with van der Waals surface area (Å²) in [6.07, 6.45) is 2.18. The van der Waals surface area contributed by atoms with Gasteiger partial charge in [0.05, 0.1) is 0 Å². The Morgan fingerprint density at radius 2 is 2.12 bits per heavy atom. The molecule has 2 N–H and O–H groups in total. The molecule has 16 heavy (non-hydrogen) atoms. The number of benzene rings is 1. The number of nitrogen functional groups attached to an aromatic ring is 1. The van der Waals surface area contributed by atoms with E-state index in [0.29, 0.717) is 17.2 Å². The predicted molar refractivity (Wildman–Crippen MR) is 58.3 cm³/mol. The summed E-state index contributed by atoms with van der Waals surface area (Å²) >= 11 is 0. The minimum atomic E-state index is -0.165. The Labute approximate surface area is 92.0 Å². The highest BCUT2D eigenvalue weighted by atomic mass is 19.1. The van der Waals surface area contributed by atoms with E-state index in [4.69, 9.17) is 10.3 Å². The summed E-state index contributed by atoms with van der Waals surface area (Å²) in [6, 6.07) is 6.76. The van der Waals surface area contributed by atoms with Crippen LogP contribution in [0.2, 0.25) is 0 Å². The molecule has 0 radical (unpaired) electrons. The Morgan fingerprint density at radius 1 is 1.31 bits per heavy atom. The van der Waals surface area contributed by atoms with Crippen molar-refractivity contribution in [1.29, 1.82) is 0 Å². The van der Waals surface area contributed by atoms with E-state index in [1.807, 2.05) is 12.1 Å². The Bertz CT molecular complexity index is 532. The molecule has 0 atom stereocenters. The molecule has 3 nitrogen and oxygen atoms in total. The summed E-state index contributed by atoms with van der Waals surface area (Å²) in [6.45, 7) is 0. The maximum absolute atomic E-state index is 13.7. The Morgan fingerprint density at radius 3 is 2.69 bits per heavy atom. The van der Waals surface area contributed by atoms with Gasteiger partial charge in [-0.1, -0.05) is 17.3 Å². The number of rotatable bonds is 2. The quantitative estimate of drug-likeness (QED) is 0.843. The van der Waals surface area contributed by atoms with E-state index >= 15 is 0 Å². The second-order valence-electron chi connectivity index (χ2n) is 4.13. The van der Waals surface area contributed by atoms with Crippen LogP contribution in [0.15, 0.2) is 28.8 Å². The van der Waals surface area contributed by atoms with Crippen molar-refractivity contribution in [2.24, 2.45) is 0 Å². The molecule has 1 aromatic heterocycles. The summed E-state index contributed by atoms with van der Waals surface area (Å²) in [5.41, 5.74) is 7.49. The van der Waals surface area contributed by atoms with Crippen LogP contribution in [-0.2, 0) is 0 Å². The van der Waals surface area contributed by atoms with Crippen molar-refractivity contribution >= 4 is 5.88 Å². The number of aromatic nitrogens is 1. The largest absolute Gasteiger partial charge is 0.368 e. The molecule has 0 saturated heterocycles. The highest BCUT2D eigenvalue weighted by Crippen LogP contribution is 2.41. The molecule has 0 bridgehead atoms. The number of nitrogens with zero attached hydrogens (tertiary/aromatic N) is 1. The molecule has 4 heteroatoms. The normalized spacial score (nSPS) is 15.3. The summed E-state index contributed by atoms with van der Waals surface area (Å²) < 4.78 is 18.5. The highest BCUT2D eigenvalue weighted by molar-refractivity contribution is 5.61. The maximum Gasteiger partial charge on any atom is 0.222 e. The number of anilines is 1. The van der Waals surface area contributed by atoms with Gasteiger partial charge in [-0.2, -0.15) is 0 Å². The molecule has 3 rings (SSSR count). The molecule has 2 aromatic rings. The minimum absolute atomic E-state index is 0.165. The molecule has 82 valence electrons. The Balaban J connectivity index is 1.99. The molecule has 0 amide bonds. The van der Waals surface area contributed by atoms with Gasteiger partial charge in [-0.15, -0.1) is 0 Å². The second-order valence-corrected chi connectivity index (χ2v) is 4.13. The van der Waals surface area contributed by atoms with E-state index in [1.165, 1.54) is 6.07 Å². The lowest BCUT2D eigenvalue weighted by Gasteiger charge is -2.02. The molecule has 1 aliphatic carbocycles. The van der Waals surface area contributed by atoms with Crippen LogP contribution in [0.5, 0.6) is 0 Å². The third-order valence-electron chi connectivity index (χ3n) is 2.84. The molecular weight excluding hydrogens is 207 g/mol. The number of nitrogens with two attached hydrogens (primary N) is 1. The fraction of sp³-hybridized carbons (Fsp3) is 0.250. The van der Waals surface area contributed by atoms with Crippen molar-refractivity contribution in [2.75, 3.05) is 5.73 Å². The fourth-order valence-electron chi connectivity index (χ4n) is 1.84. The van der Waals surface area contributed by atoms with Crippen molar-refractivity contribution in [3.8, 4) is 11.3 Å². The van der Waals surface area contributed by atoms with Gasteiger partial charge in [-0.25, -0.2) is 4.39 Å². The van der Waals surface area contributed by atoms with E-state index < -0.39 is 0 Å². The highest BCUT2D eigenvalue weighted by Gasteiger charge is 2.26. The zero-order valence-electron chi connectivity index (χ0n) is 8.61. The summed E-state index contributed by atoms with van der Waals surface area (Å²) in [7, 11) is 0.